The maximum Gasteiger partial charge on any atom is 0.0991 e. The Labute approximate surface area is 90.2 Å². The summed E-state index contributed by atoms with van der Waals surface area (Å²) in [7, 11) is 0. The second kappa shape index (κ2) is 4.46. The summed E-state index contributed by atoms with van der Waals surface area (Å²) in [5.74, 6) is 0.229. The summed E-state index contributed by atoms with van der Waals surface area (Å²) in [6.07, 6.45) is 4.00. The number of aliphatic hydroxyl groups is 1. The van der Waals surface area contributed by atoms with Gasteiger partial charge in [-0.1, -0.05) is 25.0 Å². The second-order valence-corrected chi connectivity index (χ2v) is 4.20. The van der Waals surface area contributed by atoms with Crippen molar-refractivity contribution in [1.29, 1.82) is 5.26 Å². The Hall–Kier alpha value is -1.33. The first kappa shape index (κ1) is 10.2. The summed E-state index contributed by atoms with van der Waals surface area (Å²) >= 11 is 0. The molecule has 2 rings (SSSR count). The lowest BCUT2D eigenvalue weighted by atomic mass is 9.81. The van der Waals surface area contributed by atoms with Crippen LogP contribution in [-0.2, 0) is 0 Å². The van der Waals surface area contributed by atoms with Gasteiger partial charge < -0.3 is 5.11 Å². The normalized spacial score (nSPS) is 25.9. The van der Waals surface area contributed by atoms with Crippen LogP contribution in [0.2, 0.25) is 0 Å². The molecule has 0 aliphatic heterocycles. The zero-order chi connectivity index (χ0) is 10.7. The van der Waals surface area contributed by atoms with Gasteiger partial charge in [0, 0.05) is 5.92 Å². The van der Waals surface area contributed by atoms with Crippen molar-refractivity contribution in [1.82, 2.24) is 0 Å². The highest BCUT2D eigenvalue weighted by molar-refractivity contribution is 5.35. The molecule has 0 radical (unpaired) electrons. The summed E-state index contributed by atoms with van der Waals surface area (Å²) in [6, 6.07) is 9.76. The fourth-order valence-corrected chi connectivity index (χ4v) is 2.34. The van der Waals surface area contributed by atoms with E-state index in [1.165, 1.54) is 6.42 Å². The van der Waals surface area contributed by atoms with E-state index in [0.717, 1.165) is 24.8 Å². The van der Waals surface area contributed by atoms with Crippen LogP contribution in [0, 0.1) is 11.3 Å². The van der Waals surface area contributed by atoms with Crippen molar-refractivity contribution in [2.45, 2.75) is 37.7 Å². The summed E-state index contributed by atoms with van der Waals surface area (Å²) < 4.78 is 0. The second-order valence-electron chi connectivity index (χ2n) is 4.20. The SMILES string of the molecule is N#Cc1cccc(C2CCCCC2O)c1. The van der Waals surface area contributed by atoms with Crippen molar-refractivity contribution < 1.29 is 5.11 Å². The molecule has 0 bridgehead atoms. The Balaban J connectivity index is 2.24. The molecule has 0 saturated heterocycles. The molecule has 15 heavy (non-hydrogen) atoms. The minimum absolute atomic E-state index is 0.229. The van der Waals surface area contributed by atoms with Crippen molar-refractivity contribution in [2.24, 2.45) is 0 Å². The van der Waals surface area contributed by atoms with Crippen LogP contribution in [0.1, 0.15) is 42.7 Å². The molecule has 1 aromatic carbocycles. The van der Waals surface area contributed by atoms with Gasteiger partial charge in [0.15, 0.2) is 0 Å². The maximum atomic E-state index is 9.90. The molecular formula is C13H15NO. The van der Waals surface area contributed by atoms with Crippen LogP contribution in [0.5, 0.6) is 0 Å². The zero-order valence-electron chi connectivity index (χ0n) is 8.69. The number of benzene rings is 1. The zero-order valence-corrected chi connectivity index (χ0v) is 8.69. The standard InChI is InChI=1S/C13H15NO/c14-9-10-4-3-5-11(8-10)12-6-1-2-7-13(12)15/h3-5,8,12-13,15H,1-2,6-7H2. The third kappa shape index (κ3) is 2.19. The minimum Gasteiger partial charge on any atom is -0.392 e. The predicted molar refractivity (Wildman–Crippen MR) is 58.4 cm³/mol. The third-order valence-electron chi connectivity index (χ3n) is 3.17. The molecule has 2 atom stereocenters. The quantitative estimate of drug-likeness (QED) is 0.759. The first-order chi connectivity index (χ1) is 7.31. The average molecular weight is 201 g/mol. The molecule has 0 aromatic heterocycles. The Bertz CT molecular complexity index is 380. The highest BCUT2D eigenvalue weighted by atomic mass is 16.3. The monoisotopic (exact) mass is 201 g/mol. The van der Waals surface area contributed by atoms with Crippen LogP contribution in [0.4, 0.5) is 0 Å². The molecule has 1 aliphatic carbocycles. The van der Waals surface area contributed by atoms with Crippen LogP contribution < -0.4 is 0 Å². The number of hydrogen-bond donors (Lipinski definition) is 1. The van der Waals surface area contributed by atoms with Crippen molar-refractivity contribution in [2.75, 3.05) is 0 Å². The van der Waals surface area contributed by atoms with Gasteiger partial charge in [-0.15, -0.1) is 0 Å². The molecule has 2 nitrogen and oxygen atoms in total. The lowest BCUT2D eigenvalue weighted by Gasteiger charge is -2.27. The Kier molecular flexibility index (Phi) is 3.03. The number of hydrogen-bond acceptors (Lipinski definition) is 2. The first-order valence-electron chi connectivity index (χ1n) is 5.49. The van der Waals surface area contributed by atoms with Gasteiger partial charge >= 0.3 is 0 Å². The molecule has 1 aromatic rings. The van der Waals surface area contributed by atoms with Gasteiger partial charge in [-0.3, -0.25) is 0 Å². The lowest BCUT2D eigenvalue weighted by Crippen LogP contribution is -2.22. The average Bonchev–Trinajstić information content (AvgIpc) is 2.30. The molecule has 0 amide bonds. The summed E-state index contributed by atoms with van der Waals surface area (Å²) in [5.41, 5.74) is 1.80. The summed E-state index contributed by atoms with van der Waals surface area (Å²) in [4.78, 5) is 0. The number of nitriles is 1. The molecule has 1 aliphatic rings. The van der Waals surface area contributed by atoms with Gasteiger partial charge in [0.1, 0.15) is 0 Å². The minimum atomic E-state index is -0.229. The van der Waals surface area contributed by atoms with Crippen LogP contribution >= 0.6 is 0 Å². The van der Waals surface area contributed by atoms with Gasteiger partial charge in [-0.2, -0.15) is 5.26 Å². The Morgan fingerprint density at radius 2 is 2.07 bits per heavy atom. The van der Waals surface area contributed by atoms with Crippen LogP contribution in [0.15, 0.2) is 24.3 Å². The molecule has 78 valence electrons. The van der Waals surface area contributed by atoms with Gasteiger partial charge in [0.2, 0.25) is 0 Å². The molecule has 1 N–H and O–H groups in total. The largest absolute Gasteiger partial charge is 0.392 e. The van der Waals surface area contributed by atoms with E-state index in [1.54, 1.807) is 6.07 Å². The highest BCUT2D eigenvalue weighted by Crippen LogP contribution is 2.33. The first-order valence-corrected chi connectivity index (χ1v) is 5.49. The molecule has 0 heterocycles. The Morgan fingerprint density at radius 3 is 2.80 bits per heavy atom. The molecule has 1 fully saturated rings. The predicted octanol–water partition coefficient (Wildman–Crippen LogP) is 2.58. The van der Waals surface area contributed by atoms with Crippen LogP contribution in [-0.4, -0.2) is 11.2 Å². The summed E-state index contributed by atoms with van der Waals surface area (Å²) in [6.45, 7) is 0. The number of rotatable bonds is 1. The van der Waals surface area contributed by atoms with Crippen molar-refractivity contribution in [3.8, 4) is 6.07 Å². The molecule has 1 saturated carbocycles. The van der Waals surface area contributed by atoms with E-state index in [-0.39, 0.29) is 12.0 Å². The van der Waals surface area contributed by atoms with Crippen molar-refractivity contribution in [3.05, 3.63) is 35.4 Å². The Morgan fingerprint density at radius 1 is 1.27 bits per heavy atom. The van der Waals surface area contributed by atoms with Crippen molar-refractivity contribution >= 4 is 0 Å². The van der Waals surface area contributed by atoms with Gasteiger partial charge in [0.25, 0.3) is 0 Å². The van der Waals surface area contributed by atoms with E-state index in [0.29, 0.717) is 5.56 Å². The topological polar surface area (TPSA) is 44.0 Å². The molecule has 2 unspecified atom stereocenters. The fourth-order valence-electron chi connectivity index (χ4n) is 2.34. The van der Waals surface area contributed by atoms with Gasteiger partial charge in [-0.25, -0.2) is 0 Å². The lowest BCUT2D eigenvalue weighted by molar-refractivity contribution is 0.106. The molecule has 2 heteroatoms. The van der Waals surface area contributed by atoms with E-state index in [4.69, 9.17) is 5.26 Å². The smallest absolute Gasteiger partial charge is 0.0991 e. The van der Waals surface area contributed by atoms with E-state index in [9.17, 15) is 5.11 Å². The number of nitrogens with zero attached hydrogens (tertiary/aromatic N) is 1. The molecule has 0 spiro atoms. The van der Waals surface area contributed by atoms with Crippen LogP contribution in [0.25, 0.3) is 0 Å². The van der Waals surface area contributed by atoms with Gasteiger partial charge in [-0.05, 0) is 30.5 Å². The fraction of sp³-hybridized carbons (Fsp3) is 0.462. The van der Waals surface area contributed by atoms with Crippen molar-refractivity contribution in [3.63, 3.8) is 0 Å². The number of aliphatic hydroxyl groups excluding tert-OH is 1. The van der Waals surface area contributed by atoms with E-state index < -0.39 is 0 Å². The highest BCUT2D eigenvalue weighted by Gasteiger charge is 2.24. The van der Waals surface area contributed by atoms with E-state index >= 15 is 0 Å². The maximum absolute atomic E-state index is 9.90. The van der Waals surface area contributed by atoms with E-state index in [2.05, 4.69) is 6.07 Å². The van der Waals surface area contributed by atoms with Crippen LogP contribution in [0.3, 0.4) is 0 Å². The van der Waals surface area contributed by atoms with E-state index in [1.807, 2.05) is 18.2 Å². The summed E-state index contributed by atoms with van der Waals surface area (Å²) in [5, 5.41) is 18.7. The third-order valence-corrected chi connectivity index (χ3v) is 3.17. The molecular weight excluding hydrogens is 186 g/mol. The van der Waals surface area contributed by atoms with Gasteiger partial charge in [0.05, 0.1) is 17.7 Å².